The van der Waals surface area contributed by atoms with Crippen LogP contribution in [0.15, 0.2) is 0 Å². The first-order valence-electron chi connectivity index (χ1n) is 6.00. The van der Waals surface area contributed by atoms with Crippen molar-refractivity contribution in [2.24, 2.45) is 11.1 Å². The van der Waals surface area contributed by atoms with Gasteiger partial charge in [-0.15, -0.1) is 0 Å². The van der Waals surface area contributed by atoms with E-state index in [2.05, 4.69) is 26.1 Å². The van der Waals surface area contributed by atoms with Crippen molar-refractivity contribution in [1.82, 2.24) is 5.32 Å². The molecule has 0 heterocycles. The summed E-state index contributed by atoms with van der Waals surface area (Å²) in [6.45, 7) is 7.54. The van der Waals surface area contributed by atoms with Gasteiger partial charge in [0.2, 0.25) is 0 Å². The molecule has 2 heteroatoms. The third-order valence-electron chi connectivity index (χ3n) is 3.32. The lowest BCUT2D eigenvalue weighted by Crippen LogP contribution is -2.50. The molecule has 0 radical (unpaired) electrons. The van der Waals surface area contributed by atoms with Crippen molar-refractivity contribution >= 4 is 0 Å². The van der Waals surface area contributed by atoms with Gasteiger partial charge in [-0.1, -0.05) is 40.0 Å². The van der Waals surface area contributed by atoms with E-state index in [4.69, 9.17) is 5.73 Å². The molecule has 0 spiro atoms. The van der Waals surface area contributed by atoms with Gasteiger partial charge in [-0.3, -0.25) is 0 Å². The van der Waals surface area contributed by atoms with Gasteiger partial charge in [-0.25, -0.2) is 0 Å². The highest BCUT2D eigenvalue weighted by Gasteiger charge is 2.26. The molecule has 1 aliphatic carbocycles. The predicted octanol–water partition coefficient (Wildman–Crippen LogP) is 2.28. The molecule has 14 heavy (non-hydrogen) atoms. The number of hydrogen-bond acceptors (Lipinski definition) is 2. The Labute approximate surface area is 88.6 Å². The zero-order chi connectivity index (χ0) is 10.6. The molecule has 0 aliphatic heterocycles. The topological polar surface area (TPSA) is 38.0 Å². The Hall–Kier alpha value is -0.0800. The fourth-order valence-electron chi connectivity index (χ4n) is 2.23. The minimum absolute atomic E-state index is 0.284. The van der Waals surface area contributed by atoms with Gasteiger partial charge in [-0.2, -0.15) is 0 Å². The zero-order valence-corrected chi connectivity index (χ0v) is 9.97. The first-order chi connectivity index (χ1) is 6.54. The smallest absolute Gasteiger partial charge is 0.0241 e. The Balaban J connectivity index is 2.39. The van der Waals surface area contributed by atoms with Gasteiger partial charge >= 0.3 is 0 Å². The highest BCUT2D eigenvalue weighted by molar-refractivity contribution is 4.85. The summed E-state index contributed by atoms with van der Waals surface area (Å²) in [6, 6.07) is 1.18. The zero-order valence-electron chi connectivity index (χ0n) is 9.97. The van der Waals surface area contributed by atoms with Crippen LogP contribution in [0.25, 0.3) is 0 Å². The summed E-state index contributed by atoms with van der Waals surface area (Å²) in [7, 11) is 0. The van der Waals surface area contributed by atoms with Crippen LogP contribution < -0.4 is 11.1 Å². The first-order valence-corrected chi connectivity index (χ1v) is 6.00. The lowest BCUT2D eigenvalue weighted by Gasteiger charge is -2.35. The normalized spacial score (nSPS) is 22.3. The monoisotopic (exact) mass is 198 g/mol. The fraction of sp³-hybridized carbons (Fsp3) is 1.00. The maximum absolute atomic E-state index is 5.81. The second-order valence-corrected chi connectivity index (χ2v) is 5.66. The van der Waals surface area contributed by atoms with E-state index in [1.165, 1.54) is 32.1 Å². The van der Waals surface area contributed by atoms with E-state index in [0.29, 0.717) is 6.04 Å². The van der Waals surface area contributed by atoms with Crippen LogP contribution in [0.3, 0.4) is 0 Å². The molecule has 1 rings (SSSR count). The quantitative estimate of drug-likeness (QED) is 0.730. The number of hydrogen-bond donors (Lipinski definition) is 2. The second-order valence-electron chi connectivity index (χ2n) is 5.66. The molecule has 0 bridgehead atoms. The van der Waals surface area contributed by atoms with E-state index in [-0.39, 0.29) is 5.41 Å². The Bertz CT molecular complexity index is 154. The molecule has 0 aromatic rings. The molecule has 0 aromatic heterocycles. The Morgan fingerprint density at radius 1 is 1.21 bits per heavy atom. The molecule has 1 saturated carbocycles. The Morgan fingerprint density at radius 2 is 1.79 bits per heavy atom. The highest BCUT2D eigenvalue weighted by Crippen LogP contribution is 2.23. The molecule has 1 atom stereocenters. The van der Waals surface area contributed by atoms with Crippen LogP contribution in [0.4, 0.5) is 0 Å². The standard InChI is InChI=1S/C12H26N2/c1-12(2,3)11(9-13)14-10-7-5-4-6-8-10/h10-11,14H,4-9,13H2,1-3H3. The van der Waals surface area contributed by atoms with Gasteiger partial charge in [0.15, 0.2) is 0 Å². The van der Waals surface area contributed by atoms with Crippen molar-refractivity contribution in [2.45, 2.75) is 65.0 Å². The lowest BCUT2D eigenvalue weighted by molar-refractivity contribution is 0.228. The highest BCUT2D eigenvalue weighted by atomic mass is 15.0. The Morgan fingerprint density at radius 3 is 2.21 bits per heavy atom. The van der Waals surface area contributed by atoms with Crippen LogP contribution in [0, 0.1) is 5.41 Å². The van der Waals surface area contributed by atoms with E-state index >= 15 is 0 Å². The van der Waals surface area contributed by atoms with Crippen molar-refractivity contribution < 1.29 is 0 Å². The summed E-state index contributed by atoms with van der Waals surface area (Å²) in [5.74, 6) is 0. The summed E-state index contributed by atoms with van der Waals surface area (Å²) in [5, 5.41) is 3.72. The molecule has 3 N–H and O–H groups in total. The largest absolute Gasteiger partial charge is 0.329 e. The van der Waals surface area contributed by atoms with Crippen LogP contribution in [-0.2, 0) is 0 Å². The average Bonchev–Trinajstić information content (AvgIpc) is 2.14. The van der Waals surface area contributed by atoms with Crippen LogP contribution >= 0.6 is 0 Å². The minimum Gasteiger partial charge on any atom is -0.329 e. The van der Waals surface area contributed by atoms with E-state index < -0.39 is 0 Å². The Kier molecular flexibility index (Phi) is 4.39. The van der Waals surface area contributed by atoms with Gasteiger partial charge in [-0.05, 0) is 18.3 Å². The summed E-state index contributed by atoms with van der Waals surface area (Å²) in [5.41, 5.74) is 6.10. The summed E-state index contributed by atoms with van der Waals surface area (Å²) >= 11 is 0. The SMILES string of the molecule is CC(C)(C)C(CN)NC1CCCCC1. The molecule has 0 aromatic carbocycles. The van der Waals surface area contributed by atoms with Crippen molar-refractivity contribution in [3.63, 3.8) is 0 Å². The molecule has 0 saturated heterocycles. The van der Waals surface area contributed by atoms with Crippen LogP contribution in [0.5, 0.6) is 0 Å². The molecular weight excluding hydrogens is 172 g/mol. The first kappa shape index (κ1) is 12.0. The van der Waals surface area contributed by atoms with Crippen LogP contribution in [0.1, 0.15) is 52.9 Å². The molecule has 2 nitrogen and oxygen atoms in total. The van der Waals surface area contributed by atoms with Gasteiger partial charge in [0, 0.05) is 18.6 Å². The van der Waals surface area contributed by atoms with Crippen molar-refractivity contribution in [3.8, 4) is 0 Å². The summed E-state index contributed by atoms with van der Waals surface area (Å²) < 4.78 is 0. The lowest BCUT2D eigenvalue weighted by atomic mass is 9.85. The molecular formula is C12H26N2. The van der Waals surface area contributed by atoms with E-state index in [1.807, 2.05) is 0 Å². The maximum Gasteiger partial charge on any atom is 0.0241 e. The van der Waals surface area contributed by atoms with E-state index in [9.17, 15) is 0 Å². The van der Waals surface area contributed by atoms with E-state index in [1.54, 1.807) is 0 Å². The summed E-state index contributed by atoms with van der Waals surface area (Å²) in [4.78, 5) is 0. The van der Waals surface area contributed by atoms with Gasteiger partial charge in [0.25, 0.3) is 0 Å². The third-order valence-corrected chi connectivity index (χ3v) is 3.32. The number of rotatable bonds is 3. The minimum atomic E-state index is 0.284. The molecule has 84 valence electrons. The summed E-state index contributed by atoms with van der Waals surface area (Å²) in [6.07, 6.45) is 6.87. The third kappa shape index (κ3) is 3.58. The molecule has 0 amide bonds. The number of nitrogens with two attached hydrogens (primary N) is 1. The maximum atomic E-state index is 5.81. The number of nitrogens with one attached hydrogen (secondary N) is 1. The van der Waals surface area contributed by atoms with Gasteiger partial charge in [0.1, 0.15) is 0 Å². The van der Waals surface area contributed by atoms with Gasteiger partial charge in [0.05, 0.1) is 0 Å². The molecule has 1 unspecified atom stereocenters. The van der Waals surface area contributed by atoms with Crippen LogP contribution in [0.2, 0.25) is 0 Å². The molecule has 1 aliphatic rings. The second kappa shape index (κ2) is 5.13. The van der Waals surface area contributed by atoms with Crippen molar-refractivity contribution in [3.05, 3.63) is 0 Å². The van der Waals surface area contributed by atoms with Crippen molar-refractivity contribution in [1.29, 1.82) is 0 Å². The molecule has 1 fully saturated rings. The van der Waals surface area contributed by atoms with Crippen molar-refractivity contribution in [2.75, 3.05) is 6.54 Å². The van der Waals surface area contributed by atoms with Crippen LogP contribution in [-0.4, -0.2) is 18.6 Å². The average molecular weight is 198 g/mol. The fourth-order valence-corrected chi connectivity index (χ4v) is 2.23. The van der Waals surface area contributed by atoms with Gasteiger partial charge < -0.3 is 11.1 Å². The predicted molar refractivity (Wildman–Crippen MR) is 62.3 cm³/mol. The van der Waals surface area contributed by atoms with E-state index in [0.717, 1.165) is 12.6 Å².